The fourth-order valence-corrected chi connectivity index (χ4v) is 5.23. The Labute approximate surface area is 227 Å². The van der Waals surface area contributed by atoms with Gasteiger partial charge in [0.05, 0.1) is 11.1 Å². The monoisotopic (exact) mass is 535 g/mol. The molecule has 1 saturated heterocycles. The van der Waals surface area contributed by atoms with Crippen LogP contribution < -0.4 is 15.5 Å². The van der Waals surface area contributed by atoms with Crippen molar-refractivity contribution >= 4 is 29.6 Å². The van der Waals surface area contributed by atoms with Crippen molar-refractivity contribution in [2.45, 2.75) is 50.1 Å². The highest BCUT2D eigenvalue weighted by Gasteiger charge is 2.24. The summed E-state index contributed by atoms with van der Waals surface area (Å²) in [5.41, 5.74) is 3.62. The second kappa shape index (κ2) is 13.7. The first-order valence-corrected chi connectivity index (χ1v) is 13.5. The average Bonchev–Trinajstić information content (AvgIpc) is 3.13. The number of likely N-dealkylation sites (N-methyl/N-ethyl adjacent to an activating group) is 1. The van der Waals surface area contributed by atoms with Gasteiger partial charge < -0.3 is 25.5 Å². The van der Waals surface area contributed by atoms with Crippen LogP contribution in [-0.2, 0) is 23.5 Å². The number of pyridine rings is 1. The van der Waals surface area contributed by atoms with E-state index in [1.807, 2.05) is 31.2 Å². The predicted molar refractivity (Wildman–Crippen MR) is 146 cm³/mol. The van der Waals surface area contributed by atoms with Crippen molar-refractivity contribution < 1.29 is 14.7 Å². The molecule has 0 unspecified atom stereocenters. The van der Waals surface area contributed by atoms with Gasteiger partial charge in [0.2, 0.25) is 5.91 Å². The van der Waals surface area contributed by atoms with Gasteiger partial charge in [-0.3, -0.25) is 4.79 Å². The van der Waals surface area contributed by atoms with Crippen LogP contribution in [-0.4, -0.2) is 66.3 Å². The first kappa shape index (κ1) is 28.8. The van der Waals surface area contributed by atoms with E-state index in [1.54, 1.807) is 0 Å². The zero-order valence-corrected chi connectivity index (χ0v) is 22.8. The minimum Gasteiger partial charge on any atom is -0.465 e. The zero-order chi connectivity index (χ0) is 27.7. The number of amides is 2. The standard InChI is InChI=1S/C27H33N7O3S/c1-4-21-22(14-28)24(34-11-5-10-33(3)12-13-34)32-26(23(21)15-29)38-17-20-8-6-19(7-9-20)16-30-25(35)18(2)31-27(36)37/h6-9,18,31H,4-5,10-13,16-17H2,1-3H3,(H,30,35)(H,36,37)/t18-/m0/s1. The van der Waals surface area contributed by atoms with Crippen molar-refractivity contribution in [3.05, 3.63) is 52.1 Å². The number of carboxylic acid groups (broad SMARTS) is 1. The molecule has 1 aromatic carbocycles. The number of nitrogens with one attached hydrogen (secondary N) is 2. The van der Waals surface area contributed by atoms with E-state index in [1.165, 1.54) is 18.7 Å². The molecular weight excluding hydrogens is 502 g/mol. The number of nitrogens with zero attached hydrogens (tertiary/aromatic N) is 5. The van der Waals surface area contributed by atoms with E-state index in [0.29, 0.717) is 34.1 Å². The van der Waals surface area contributed by atoms with Crippen molar-refractivity contribution in [3.63, 3.8) is 0 Å². The van der Waals surface area contributed by atoms with Gasteiger partial charge in [-0.15, -0.1) is 11.8 Å². The molecule has 1 aliphatic rings. The smallest absolute Gasteiger partial charge is 0.405 e. The van der Waals surface area contributed by atoms with E-state index in [0.717, 1.165) is 49.3 Å². The molecule has 2 amide bonds. The van der Waals surface area contributed by atoms with Gasteiger partial charge in [-0.1, -0.05) is 31.2 Å². The maximum Gasteiger partial charge on any atom is 0.405 e. The molecule has 1 aromatic heterocycles. The molecule has 0 spiro atoms. The van der Waals surface area contributed by atoms with Crippen molar-refractivity contribution in [2.24, 2.45) is 0 Å². The molecule has 10 nitrogen and oxygen atoms in total. The van der Waals surface area contributed by atoms with Gasteiger partial charge in [0.1, 0.15) is 29.0 Å². The number of anilines is 1. The maximum absolute atomic E-state index is 12.0. The highest BCUT2D eigenvalue weighted by atomic mass is 32.2. The number of thioether (sulfide) groups is 1. The number of benzene rings is 1. The summed E-state index contributed by atoms with van der Waals surface area (Å²) in [5.74, 6) is 0.853. The Morgan fingerprint density at radius 1 is 1.11 bits per heavy atom. The van der Waals surface area contributed by atoms with E-state index >= 15 is 0 Å². The summed E-state index contributed by atoms with van der Waals surface area (Å²) in [4.78, 5) is 32.0. The summed E-state index contributed by atoms with van der Waals surface area (Å²) < 4.78 is 0. The second-order valence-electron chi connectivity index (χ2n) is 9.18. The normalized spacial score (nSPS) is 14.6. The Kier molecular flexibility index (Phi) is 10.3. The van der Waals surface area contributed by atoms with E-state index < -0.39 is 18.0 Å². The fourth-order valence-electron chi connectivity index (χ4n) is 4.27. The molecule has 1 fully saturated rings. The van der Waals surface area contributed by atoms with Crippen LogP contribution in [0.2, 0.25) is 0 Å². The second-order valence-corrected chi connectivity index (χ2v) is 10.1. The molecule has 3 rings (SSSR count). The number of hydrogen-bond donors (Lipinski definition) is 3. The van der Waals surface area contributed by atoms with E-state index in [2.05, 4.69) is 39.6 Å². The minimum absolute atomic E-state index is 0.280. The quantitative estimate of drug-likeness (QED) is 0.412. The van der Waals surface area contributed by atoms with Crippen LogP contribution in [0.3, 0.4) is 0 Å². The molecule has 0 saturated carbocycles. The predicted octanol–water partition coefficient (Wildman–Crippen LogP) is 3.09. The van der Waals surface area contributed by atoms with Gasteiger partial charge in [-0.25, -0.2) is 9.78 Å². The van der Waals surface area contributed by atoms with Gasteiger partial charge in [-0.05, 0) is 50.0 Å². The lowest BCUT2D eigenvalue weighted by molar-refractivity contribution is -0.122. The molecule has 0 aliphatic carbocycles. The summed E-state index contributed by atoms with van der Waals surface area (Å²) in [6.45, 7) is 7.20. The van der Waals surface area contributed by atoms with Crippen LogP contribution in [0.25, 0.3) is 0 Å². The lowest BCUT2D eigenvalue weighted by atomic mass is 10.0. The number of hydrogen-bond acceptors (Lipinski definition) is 8. The van der Waals surface area contributed by atoms with Gasteiger partial charge in [0.15, 0.2) is 0 Å². The van der Waals surface area contributed by atoms with E-state index in [-0.39, 0.29) is 6.54 Å². The number of carbonyl (C=O) groups excluding carboxylic acids is 1. The maximum atomic E-state index is 12.0. The lowest BCUT2D eigenvalue weighted by Gasteiger charge is -2.25. The van der Waals surface area contributed by atoms with Crippen LogP contribution in [0.4, 0.5) is 10.6 Å². The van der Waals surface area contributed by atoms with Crippen LogP contribution in [0.15, 0.2) is 29.3 Å². The molecule has 1 aliphatic heterocycles. The topological polar surface area (TPSA) is 145 Å². The summed E-state index contributed by atoms with van der Waals surface area (Å²) in [7, 11) is 2.09. The van der Waals surface area contributed by atoms with Gasteiger partial charge in [0, 0.05) is 31.9 Å². The van der Waals surface area contributed by atoms with Gasteiger partial charge >= 0.3 is 6.09 Å². The molecular formula is C27H33N7O3S. The Morgan fingerprint density at radius 2 is 1.79 bits per heavy atom. The fraction of sp³-hybridized carbons (Fsp3) is 0.444. The number of nitriles is 2. The van der Waals surface area contributed by atoms with Crippen molar-refractivity contribution in [3.8, 4) is 12.1 Å². The first-order valence-electron chi connectivity index (χ1n) is 12.6. The summed E-state index contributed by atoms with van der Waals surface area (Å²) in [5, 5.41) is 34.1. The van der Waals surface area contributed by atoms with Crippen molar-refractivity contribution in [1.29, 1.82) is 10.5 Å². The Hall–Kier alpha value is -3.80. The highest BCUT2D eigenvalue weighted by molar-refractivity contribution is 7.98. The third-order valence-electron chi connectivity index (χ3n) is 6.44. The first-order chi connectivity index (χ1) is 18.3. The molecule has 200 valence electrons. The molecule has 38 heavy (non-hydrogen) atoms. The van der Waals surface area contributed by atoms with E-state index in [9.17, 15) is 20.1 Å². The van der Waals surface area contributed by atoms with E-state index in [4.69, 9.17) is 10.1 Å². The molecule has 2 heterocycles. The van der Waals surface area contributed by atoms with Crippen LogP contribution in [0.1, 0.15) is 48.1 Å². The van der Waals surface area contributed by atoms with Gasteiger partial charge in [0.25, 0.3) is 0 Å². The summed E-state index contributed by atoms with van der Waals surface area (Å²) in [6.07, 6.45) is 0.307. The lowest BCUT2D eigenvalue weighted by Crippen LogP contribution is -2.43. The molecule has 2 aromatic rings. The Morgan fingerprint density at radius 3 is 2.42 bits per heavy atom. The highest BCUT2D eigenvalue weighted by Crippen LogP contribution is 2.33. The zero-order valence-electron chi connectivity index (χ0n) is 22.0. The third-order valence-corrected chi connectivity index (χ3v) is 7.49. The average molecular weight is 536 g/mol. The molecule has 0 radical (unpaired) electrons. The number of aromatic nitrogens is 1. The van der Waals surface area contributed by atoms with Crippen molar-refractivity contribution in [2.75, 3.05) is 38.1 Å². The minimum atomic E-state index is -1.25. The number of rotatable bonds is 9. The largest absolute Gasteiger partial charge is 0.465 e. The summed E-state index contributed by atoms with van der Waals surface area (Å²) >= 11 is 1.48. The Balaban J connectivity index is 1.74. The van der Waals surface area contributed by atoms with Crippen molar-refractivity contribution in [1.82, 2.24) is 20.5 Å². The SMILES string of the molecule is CCc1c(C#N)c(SCc2ccc(CNC(=O)[C@H](C)NC(=O)O)cc2)nc(N2CCCN(C)CC2)c1C#N. The number of carbonyl (C=O) groups is 2. The van der Waals surface area contributed by atoms with Gasteiger partial charge in [-0.2, -0.15) is 10.5 Å². The summed E-state index contributed by atoms with van der Waals surface area (Å²) in [6, 6.07) is 11.5. The molecule has 0 bridgehead atoms. The third kappa shape index (κ3) is 7.37. The van der Waals surface area contributed by atoms with Crippen LogP contribution in [0.5, 0.6) is 0 Å². The molecule has 3 N–H and O–H groups in total. The molecule has 1 atom stereocenters. The van der Waals surface area contributed by atoms with Crippen LogP contribution >= 0.6 is 11.8 Å². The molecule has 11 heteroatoms. The Bertz CT molecular complexity index is 1240. The van der Waals surface area contributed by atoms with Crippen LogP contribution in [0, 0.1) is 22.7 Å².